The molecule has 0 bridgehead atoms. The number of fused-ring (bicyclic) bond motifs is 1. The van der Waals surface area contributed by atoms with Gasteiger partial charge in [-0.15, -0.1) is 0 Å². The molecule has 0 unspecified atom stereocenters. The van der Waals surface area contributed by atoms with Gasteiger partial charge in [-0.25, -0.2) is 9.97 Å². The fourth-order valence-corrected chi connectivity index (χ4v) is 3.88. The second-order valence-corrected chi connectivity index (χ2v) is 7.97. The van der Waals surface area contributed by atoms with Gasteiger partial charge in [-0.05, 0) is 32.2 Å². The Morgan fingerprint density at radius 3 is 2.93 bits per heavy atom. The Balaban J connectivity index is 1.60. The van der Waals surface area contributed by atoms with Crippen molar-refractivity contribution < 1.29 is 9.32 Å². The van der Waals surface area contributed by atoms with E-state index in [9.17, 15) is 4.79 Å². The van der Waals surface area contributed by atoms with Crippen molar-refractivity contribution in [3.8, 4) is 0 Å². The Kier molecular flexibility index (Phi) is 4.95. The highest BCUT2D eigenvalue weighted by molar-refractivity contribution is 5.91. The van der Waals surface area contributed by atoms with E-state index in [0.29, 0.717) is 12.3 Å². The standard InChI is InChI=1S/C20H27N5O2/c1-13(2)16-10-18(27-23-16)20(26)25-8-5-4-6-17(25)19-21-11-14-12-24(3)9-7-15(14)22-19/h10-11,13,17H,4-9,12H2,1-3H3/t17-/m0/s1. The normalized spacial score (nSPS) is 20.7. The first kappa shape index (κ1) is 18.1. The molecule has 2 aromatic rings. The van der Waals surface area contributed by atoms with Crippen LogP contribution in [0.15, 0.2) is 16.8 Å². The number of piperidine rings is 1. The van der Waals surface area contributed by atoms with Gasteiger partial charge in [0.25, 0.3) is 5.91 Å². The maximum absolute atomic E-state index is 13.1. The van der Waals surface area contributed by atoms with Crippen LogP contribution < -0.4 is 0 Å². The Morgan fingerprint density at radius 2 is 2.15 bits per heavy atom. The summed E-state index contributed by atoms with van der Waals surface area (Å²) in [5.74, 6) is 1.19. The zero-order chi connectivity index (χ0) is 19.0. The molecule has 144 valence electrons. The molecular weight excluding hydrogens is 342 g/mol. The van der Waals surface area contributed by atoms with Gasteiger partial charge >= 0.3 is 0 Å². The minimum absolute atomic E-state index is 0.0937. The molecule has 1 atom stereocenters. The third-order valence-corrected chi connectivity index (χ3v) is 5.54. The number of hydrogen-bond acceptors (Lipinski definition) is 6. The molecule has 27 heavy (non-hydrogen) atoms. The van der Waals surface area contributed by atoms with E-state index in [0.717, 1.165) is 56.0 Å². The number of carbonyl (C=O) groups is 1. The number of hydrogen-bond donors (Lipinski definition) is 0. The molecule has 1 fully saturated rings. The second-order valence-electron chi connectivity index (χ2n) is 7.97. The van der Waals surface area contributed by atoms with Crippen LogP contribution in [0, 0.1) is 0 Å². The highest BCUT2D eigenvalue weighted by atomic mass is 16.5. The van der Waals surface area contributed by atoms with Gasteiger partial charge in [0.15, 0.2) is 5.82 Å². The quantitative estimate of drug-likeness (QED) is 0.828. The van der Waals surface area contributed by atoms with Gasteiger partial charge in [-0.1, -0.05) is 19.0 Å². The van der Waals surface area contributed by atoms with E-state index in [4.69, 9.17) is 9.51 Å². The van der Waals surface area contributed by atoms with Gasteiger partial charge in [-0.2, -0.15) is 0 Å². The number of likely N-dealkylation sites (tertiary alicyclic amines) is 1. The molecule has 0 aromatic carbocycles. The van der Waals surface area contributed by atoms with Gasteiger partial charge in [-0.3, -0.25) is 4.79 Å². The van der Waals surface area contributed by atoms with Crippen molar-refractivity contribution in [2.24, 2.45) is 0 Å². The summed E-state index contributed by atoms with van der Waals surface area (Å²) in [6.45, 7) is 6.67. The van der Waals surface area contributed by atoms with Gasteiger partial charge in [0, 0.05) is 49.6 Å². The molecule has 2 aliphatic heterocycles. The van der Waals surface area contributed by atoms with Crippen LogP contribution in [0.3, 0.4) is 0 Å². The molecule has 1 saturated heterocycles. The maximum Gasteiger partial charge on any atom is 0.293 e. The predicted molar refractivity (Wildman–Crippen MR) is 100 cm³/mol. The molecule has 2 aliphatic rings. The fraction of sp³-hybridized carbons (Fsp3) is 0.600. The lowest BCUT2D eigenvalue weighted by Crippen LogP contribution is -2.39. The minimum Gasteiger partial charge on any atom is -0.351 e. The molecular formula is C20H27N5O2. The van der Waals surface area contributed by atoms with Crippen molar-refractivity contribution in [1.82, 2.24) is 24.9 Å². The first-order chi connectivity index (χ1) is 13.0. The van der Waals surface area contributed by atoms with Gasteiger partial charge < -0.3 is 14.3 Å². The van der Waals surface area contributed by atoms with Crippen LogP contribution in [-0.4, -0.2) is 51.0 Å². The lowest BCUT2D eigenvalue weighted by atomic mass is 10.00. The Hall–Kier alpha value is -2.28. The molecule has 7 nitrogen and oxygen atoms in total. The topological polar surface area (TPSA) is 75.4 Å². The van der Waals surface area contributed by atoms with Gasteiger partial charge in [0.1, 0.15) is 0 Å². The second kappa shape index (κ2) is 7.38. The van der Waals surface area contributed by atoms with Gasteiger partial charge in [0.2, 0.25) is 5.76 Å². The van der Waals surface area contributed by atoms with E-state index in [-0.39, 0.29) is 17.9 Å². The molecule has 1 amide bonds. The predicted octanol–water partition coefficient (Wildman–Crippen LogP) is 2.94. The molecule has 0 aliphatic carbocycles. The molecule has 4 rings (SSSR count). The monoisotopic (exact) mass is 369 g/mol. The third-order valence-electron chi connectivity index (χ3n) is 5.54. The zero-order valence-corrected chi connectivity index (χ0v) is 16.3. The first-order valence-electron chi connectivity index (χ1n) is 9.83. The molecule has 7 heteroatoms. The average molecular weight is 369 g/mol. The first-order valence-corrected chi connectivity index (χ1v) is 9.83. The molecule has 2 aromatic heterocycles. The Bertz CT molecular complexity index is 832. The number of likely N-dealkylation sites (N-methyl/N-ethyl adjacent to an activating group) is 1. The molecule has 0 N–H and O–H groups in total. The van der Waals surface area contributed by atoms with Crippen molar-refractivity contribution in [3.05, 3.63) is 40.8 Å². The summed E-state index contributed by atoms with van der Waals surface area (Å²) < 4.78 is 5.34. The van der Waals surface area contributed by atoms with Crippen LogP contribution in [0.4, 0.5) is 0 Å². The van der Waals surface area contributed by atoms with Crippen LogP contribution in [0.5, 0.6) is 0 Å². The third kappa shape index (κ3) is 3.60. The lowest BCUT2D eigenvalue weighted by Gasteiger charge is -2.34. The highest BCUT2D eigenvalue weighted by Gasteiger charge is 2.33. The van der Waals surface area contributed by atoms with Crippen LogP contribution in [0.2, 0.25) is 0 Å². The highest BCUT2D eigenvalue weighted by Crippen LogP contribution is 2.31. The Labute approximate surface area is 159 Å². The number of nitrogens with zero attached hydrogens (tertiary/aromatic N) is 5. The number of carbonyl (C=O) groups excluding carboxylic acids is 1. The fourth-order valence-electron chi connectivity index (χ4n) is 3.88. The summed E-state index contributed by atoms with van der Waals surface area (Å²) in [5, 5.41) is 4.04. The number of amides is 1. The summed E-state index contributed by atoms with van der Waals surface area (Å²) in [6.07, 6.45) is 5.82. The number of rotatable bonds is 3. The van der Waals surface area contributed by atoms with E-state index >= 15 is 0 Å². The average Bonchev–Trinajstić information content (AvgIpc) is 3.17. The summed E-state index contributed by atoms with van der Waals surface area (Å²) in [5.41, 5.74) is 3.12. The number of aromatic nitrogens is 3. The smallest absolute Gasteiger partial charge is 0.293 e. The molecule has 0 spiro atoms. The van der Waals surface area contributed by atoms with E-state index in [1.165, 1.54) is 5.56 Å². The molecule has 4 heterocycles. The summed E-state index contributed by atoms with van der Waals surface area (Å²) in [7, 11) is 2.11. The SMILES string of the molecule is CC(C)c1cc(C(=O)N2CCCC[C@H]2c2ncc3c(n2)CCN(C)C3)on1. The van der Waals surface area contributed by atoms with Crippen LogP contribution in [0.1, 0.15) is 78.4 Å². The largest absolute Gasteiger partial charge is 0.351 e. The summed E-state index contributed by atoms with van der Waals surface area (Å²) in [6, 6.07) is 1.67. The molecule has 0 radical (unpaired) electrons. The van der Waals surface area contributed by atoms with Crippen molar-refractivity contribution in [1.29, 1.82) is 0 Å². The van der Waals surface area contributed by atoms with Crippen molar-refractivity contribution >= 4 is 5.91 Å². The summed E-state index contributed by atoms with van der Waals surface area (Å²) in [4.78, 5) is 26.7. The van der Waals surface area contributed by atoms with Crippen LogP contribution >= 0.6 is 0 Å². The van der Waals surface area contributed by atoms with Crippen molar-refractivity contribution in [3.63, 3.8) is 0 Å². The van der Waals surface area contributed by atoms with E-state index < -0.39 is 0 Å². The summed E-state index contributed by atoms with van der Waals surface area (Å²) >= 11 is 0. The van der Waals surface area contributed by atoms with E-state index in [1.54, 1.807) is 6.07 Å². The van der Waals surface area contributed by atoms with Crippen molar-refractivity contribution in [2.75, 3.05) is 20.1 Å². The maximum atomic E-state index is 13.1. The Morgan fingerprint density at radius 1 is 1.30 bits per heavy atom. The van der Waals surface area contributed by atoms with Crippen LogP contribution in [-0.2, 0) is 13.0 Å². The van der Waals surface area contributed by atoms with E-state index in [1.807, 2.05) is 24.9 Å². The zero-order valence-electron chi connectivity index (χ0n) is 16.3. The van der Waals surface area contributed by atoms with Crippen LogP contribution in [0.25, 0.3) is 0 Å². The molecule has 0 saturated carbocycles. The van der Waals surface area contributed by atoms with Gasteiger partial charge in [0.05, 0.1) is 11.7 Å². The minimum atomic E-state index is -0.111. The lowest BCUT2D eigenvalue weighted by molar-refractivity contribution is 0.0557. The van der Waals surface area contributed by atoms with E-state index in [2.05, 4.69) is 22.1 Å². The van der Waals surface area contributed by atoms with Crippen molar-refractivity contribution in [2.45, 2.75) is 58.0 Å².